The Morgan fingerprint density at radius 1 is 1.41 bits per heavy atom. The molecular formula is C14H22O2S. The molecule has 3 heteroatoms. The van der Waals surface area contributed by atoms with Gasteiger partial charge in [-0.25, -0.2) is 0 Å². The van der Waals surface area contributed by atoms with Crippen LogP contribution in [0.4, 0.5) is 0 Å². The fourth-order valence-electron chi connectivity index (χ4n) is 2.22. The predicted molar refractivity (Wildman–Crippen MR) is 71.6 cm³/mol. The highest BCUT2D eigenvalue weighted by Crippen LogP contribution is 2.41. The van der Waals surface area contributed by atoms with E-state index in [1.54, 1.807) is 11.3 Å². The number of aliphatic hydroxyl groups excluding tert-OH is 1. The summed E-state index contributed by atoms with van der Waals surface area (Å²) in [5.41, 5.74) is -0.236. The van der Waals surface area contributed by atoms with Gasteiger partial charge in [0.15, 0.2) is 0 Å². The van der Waals surface area contributed by atoms with Crippen molar-refractivity contribution in [3.63, 3.8) is 0 Å². The Morgan fingerprint density at radius 3 is 2.59 bits per heavy atom. The van der Waals surface area contributed by atoms with Crippen LogP contribution in [0.2, 0.25) is 0 Å². The quantitative estimate of drug-likeness (QED) is 0.873. The van der Waals surface area contributed by atoms with E-state index < -0.39 is 6.10 Å². The number of thiophene rings is 1. The number of rotatable bonds is 2. The standard InChI is InChI=1S/C14H22O2S/c1-13(2,3)11-7-6-10(17-11)12(15)14(4)8-5-9-16-14/h6-7,12,15H,5,8-9H2,1-4H3. The van der Waals surface area contributed by atoms with Crippen LogP contribution in [0.1, 0.15) is 56.4 Å². The van der Waals surface area contributed by atoms with Crippen LogP contribution in [0.3, 0.4) is 0 Å². The number of hydrogen-bond acceptors (Lipinski definition) is 3. The third kappa shape index (κ3) is 2.56. The molecule has 2 unspecified atom stereocenters. The smallest absolute Gasteiger partial charge is 0.117 e. The second-order valence-electron chi connectivity index (χ2n) is 6.12. The van der Waals surface area contributed by atoms with E-state index >= 15 is 0 Å². The minimum atomic E-state index is -0.494. The van der Waals surface area contributed by atoms with Gasteiger partial charge in [0.1, 0.15) is 6.10 Å². The number of ether oxygens (including phenoxy) is 1. The third-order valence-corrected chi connectivity index (χ3v) is 5.03. The van der Waals surface area contributed by atoms with E-state index in [1.165, 1.54) is 4.88 Å². The Balaban J connectivity index is 2.20. The van der Waals surface area contributed by atoms with Crippen molar-refractivity contribution in [1.82, 2.24) is 0 Å². The van der Waals surface area contributed by atoms with E-state index in [1.807, 2.05) is 13.0 Å². The molecule has 0 amide bonds. The first-order valence-corrected chi connectivity index (χ1v) is 7.07. The molecule has 2 rings (SSSR count). The minimum absolute atomic E-state index is 0.153. The van der Waals surface area contributed by atoms with Crippen LogP contribution in [0.15, 0.2) is 12.1 Å². The van der Waals surface area contributed by atoms with Crippen molar-refractivity contribution in [2.75, 3.05) is 6.61 Å². The van der Waals surface area contributed by atoms with Gasteiger partial charge in [0.2, 0.25) is 0 Å². The van der Waals surface area contributed by atoms with Gasteiger partial charge in [0.25, 0.3) is 0 Å². The van der Waals surface area contributed by atoms with Gasteiger partial charge in [-0.15, -0.1) is 11.3 Å². The Labute approximate surface area is 108 Å². The van der Waals surface area contributed by atoms with E-state index in [4.69, 9.17) is 4.74 Å². The first-order chi connectivity index (χ1) is 7.83. The van der Waals surface area contributed by atoms with E-state index in [2.05, 4.69) is 26.8 Å². The fourth-order valence-corrected chi connectivity index (χ4v) is 3.41. The first-order valence-electron chi connectivity index (χ1n) is 6.25. The lowest BCUT2D eigenvalue weighted by Gasteiger charge is -2.28. The zero-order chi connectivity index (χ0) is 12.7. The maximum Gasteiger partial charge on any atom is 0.117 e. The summed E-state index contributed by atoms with van der Waals surface area (Å²) in [4.78, 5) is 2.34. The van der Waals surface area contributed by atoms with E-state index in [0.29, 0.717) is 0 Å². The van der Waals surface area contributed by atoms with Crippen molar-refractivity contribution < 1.29 is 9.84 Å². The molecule has 17 heavy (non-hydrogen) atoms. The topological polar surface area (TPSA) is 29.5 Å². The van der Waals surface area contributed by atoms with Crippen LogP contribution in [-0.4, -0.2) is 17.3 Å². The molecule has 1 aromatic rings. The average molecular weight is 254 g/mol. The van der Waals surface area contributed by atoms with Crippen LogP contribution in [-0.2, 0) is 10.2 Å². The molecule has 1 aliphatic heterocycles. The molecule has 1 N–H and O–H groups in total. The zero-order valence-electron chi connectivity index (χ0n) is 11.1. The monoisotopic (exact) mass is 254 g/mol. The summed E-state index contributed by atoms with van der Waals surface area (Å²) < 4.78 is 5.71. The van der Waals surface area contributed by atoms with Gasteiger partial charge in [0, 0.05) is 16.4 Å². The summed E-state index contributed by atoms with van der Waals surface area (Å²) in [7, 11) is 0. The molecule has 1 aliphatic rings. The predicted octanol–water partition coefficient (Wildman–Crippen LogP) is 3.65. The molecule has 2 nitrogen and oxygen atoms in total. The highest BCUT2D eigenvalue weighted by atomic mass is 32.1. The summed E-state index contributed by atoms with van der Waals surface area (Å²) in [5, 5.41) is 10.4. The van der Waals surface area contributed by atoms with Gasteiger partial charge in [-0.3, -0.25) is 0 Å². The van der Waals surface area contributed by atoms with Gasteiger partial charge in [-0.2, -0.15) is 0 Å². The van der Waals surface area contributed by atoms with Crippen LogP contribution < -0.4 is 0 Å². The summed E-state index contributed by atoms with van der Waals surface area (Å²) in [6, 6.07) is 4.17. The molecular weight excluding hydrogens is 232 g/mol. The molecule has 2 atom stereocenters. The Hall–Kier alpha value is -0.380. The summed E-state index contributed by atoms with van der Waals surface area (Å²) >= 11 is 1.70. The second-order valence-corrected chi connectivity index (χ2v) is 7.23. The third-order valence-electron chi connectivity index (χ3n) is 3.46. The van der Waals surface area contributed by atoms with Gasteiger partial charge in [-0.1, -0.05) is 20.8 Å². The SMILES string of the molecule is CC(C)(C)c1ccc(C(O)C2(C)CCCO2)s1. The summed E-state index contributed by atoms with van der Waals surface area (Å²) in [6.45, 7) is 9.38. The molecule has 0 saturated carbocycles. The lowest BCUT2D eigenvalue weighted by Crippen LogP contribution is -2.31. The van der Waals surface area contributed by atoms with Crippen molar-refractivity contribution in [2.24, 2.45) is 0 Å². The molecule has 1 fully saturated rings. The molecule has 1 saturated heterocycles. The first kappa shape index (κ1) is 13.1. The lowest BCUT2D eigenvalue weighted by atomic mass is 9.93. The molecule has 1 aromatic heterocycles. The Bertz CT molecular complexity index is 383. The molecule has 0 aromatic carbocycles. The van der Waals surface area contributed by atoms with Crippen LogP contribution >= 0.6 is 11.3 Å². The van der Waals surface area contributed by atoms with Crippen molar-refractivity contribution in [3.8, 4) is 0 Å². The number of hydrogen-bond donors (Lipinski definition) is 1. The van der Waals surface area contributed by atoms with Crippen molar-refractivity contribution in [1.29, 1.82) is 0 Å². The highest BCUT2D eigenvalue weighted by Gasteiger charge is 2.39. The van der Waals surface area contributed by atoms with E-state index in [-0.39, 0.29) is 11.0 Å². The van der Waals surface area contributed by atoms with E-state index in [9.17, 15) is 5.11 Å². The molecule has 0 radical (unpaired) electrons. The number of aliphatic hydroxyl groups is 1. The van der Waals surface area contributed by atoms with Crippen LogP contribution in [0.5, 0.6) is 0 Å². The van der Waals surface area contributed by atoms with Crippen molar-refractivity contribution in [2.45, 2.75) is 57.7 Å². The largest absolute Gasteiger partial charge is 0.385 e. The minimum Gasteiger partial charge on any atom is -0.385 e. The zero-order valence-corrected chi connectivity index (χ0v) is 11.9. The van der Waals surface area contributed by atoms with Gasteiger partial charge >= 0.3 is 0 Å². The molecule has 2 heterocycles. The average Bonchev–Trinajstić information content (AvgIpc) is 2.84. The fraction of sp³-hybridized carbons (Fsp3) is 0.714. The molecule has 0 spiro atoms. The van der Waals surface area contributed by atoms with E-state index in [0.717, 1.165) is 24.3 Å². The van der Waals surface area contributed by atoms with Gasteiger partial charge in [-0.05, 0) is 37.3 Å². The molecule has 96 valence electrons. The summed E-state index contributed by atoms with van der Waals surface area (Å²) in [5.74, 6) is 0. The van der Waals surface area contributed by atoms with Gasteiger partial charge < -0.3 is 9.84 Å². The van der Waals surface area contributed by atoms with Crippen molar-refractivity contribution in [3.05, 3.63) is 21.9 Å². The highest BCUT2D eigenvalue weighted by molar-refractivity contribution is 7.12. The van der Waals surface area contributed by atoms with Gasteiger partial charge in [0.05, 0.1) is 5.60 Å². The maximum absolute atomic E-state index is 10.4. The summed E-state index contributed by atoms with van der Waals surface area (Å²) in [6.07, 6.45) is 1.49. The normalized spacial score (nSPS) is 27.4. The Morgan fingerprint density at radius 2 is 2.12 bits per heavy atom. The van der Waals surface area contributed by atoms with Crippen LogP contribution in [0, 0.1) is 0 Å². The molecule has 0 aliphatic carbocycles. The second kappa shape index (κ2) is 4.38. The van der Waals surface area contributed by atoms with Crippen LogP contribution in [0.25, 0.3) is 0 Å². The Kier molecular flexibility index (Phi) is 3.36. The van der Waals surface area contributed by atoms with Crippen molar-refractivity contribution >= 4 is 11.3 Å². The molecule has 0 bridgehead atoms. The lowest BCUT2D eigenvalue weighted by molar-refractivity contribution is -0.0781. The maximum atomic E-state index is 10.4.